The van der Waals surface area contributed by atoms with Gasteiger partial charge in [-0.2, -0.15) is 0 Å². The zero-order valence-corrected chi connectivity index (χ0v) is 9.17. The molecule has 0 rings (SSSR count). The molecular formula is C10H18N2O3. The predicted octanol–water partition coefficient (Wildman–Crippen LogP) is 0.132. The maximum absolute atomic E-state index is 11.3. The van der Waals surface area contributed by atoms with Crippen LogP contribution in [-0.4, -0.2) is 36.1 Å². The average Bonchev–Trinajstić information content (AvgIpc) is 2.21. The molecule has 1 unspecified atom stereocenters. The normalized spacial score (nSPS) is 11.9. The maximum atomic E-state index is 11.3. The van der Waals surface area contributed by atoms with E-state index in [2.05, 4.69) is 17.2 Å². The first kappa shape index (κ1) is 13.6. The minimum absolute atomic E-state index is 0.0464. The average molecular weight is 214 g/mol. The second-order valence-electron chi connectivity index (χ2n) is 3.30. The van der Waals surface area contributed by atoms with Gasteiger partial charge in [-0.3, -0.25) is 4.79 Å². The van der Waals surface area contributed by atoms with Crippen LogP contribution in [-0.2, 0) is 9.59 Å². The van der Waals surface area contributed by atoms with Crippen LogP contribution >= 0.6 is 0 Å². The highest BCUT2D eigenvalue weighted by molar-refractivity contribution is 5.86. The quantitative estimate of drug-likeness (QED) is 0.526. The van der Waals surface area contributed by atoms with Crippen molar-refractivity contribution >= 4 is 11.9 Å². The standard InChI is InChI=1S/C10H18N2O3/c1-4-5-11-9(13)8(3)12-6-7(2)10(14)15/h8,12H,2,4-6H2,1,3H3,(H,11,13)(H,14,15). The molecule has 0 heterocycles. The third-order valence-electron chi connectivity index (χ3n) is 1.87. The Labute approximate surface area is 89.6 Å². The fourth-order valence-corrected chi connectivity index (χ4v) is 0.846. The Hall–Kier alpha value is -1.36. The van der Waals surface area contributed by atoms with Crippen LogP contribution in [0.2, 0.25) is 0 Å². The van der Waals surface area contributed by atoms with Gasteiger partial charge in [0.2, 0.25) is 5.91 Å². The summed E-state index contributed by atoms with van der Waals surface area (Å²) in [5.41, 5.74) is 0.0464. The molecule has 0 bridgehead atoms. The molecule has 0 aromatic carbocycles. The van der Waals surface area contributed by atoms with Gasteiger partial charge in [-0.05, 0) is 13.3 Å². The third kappa shape index (κ3) is 5.85. The van der Waals surface area contributed by atoms with Crippen molar-refractivity contribution in [2.75, 3.05) is 13.1 Å². The van der Waals surface area contributed by atoms with Crippen molar-refractivity contribution in [3.8, 4) is 0 Å². The van der Waals surface area contributed by atoms with Gasteiger partial charge in [0.15, 0.2) is 0 Å². The van der Waals surface area contributed by atoms with Crippen molar-refractivity contribution in [3.63, 3.8) is 0 Å². The van der Waals surface area contributed by atoms with E-state index in [0.717, 1.165) is 6.42 Å². The van der Waals surface area contributed by atoms with E-state index in [1.807, 2.05) is 6.92 Å². The van der Waals surface area contributed by atoms with E-state index in [1.165, 1.54) is 0 Å². The molecule has 0 aromatic heterocycles. The highest BCUT2D eigenvalue weighted by Gasteiger charge is 2.12. The fraction of sp³-hybridized carbons (Fsp3) is 0.600. The smallest absolute Gasteiger partial charge is 0.332 e. The number of carboxylic acid groups (broad SMARTS) is 1. The van der Waals surface area contributed by atoms with Crippen molar-refractivity contribution in [2.45, 2.75) is 26.3 Å². The second-order valence-corrected chi connectivity index (χ2v) is 3.30. The molecule has 0 saturated carbocycles. The van der Waals surface area contributed by atoms with E-state index in [1.54, 1.807) is 6.92 Å². The van der Waals surface area contributed by atoms with E-state index in [-0.39, 0.29) is 18.0 Å². The summed E-state index contributed by atoms with van der Waals surface area (Å²) in [4.78, 5) is 21.7. The number of rotatable bonds is 7. The Morgan fingerprint density at radius 3 is 2.53 bits per heavy atom. The van der Waals surface area contributed by atoms with E-state index in [4.69, 9.17) is 5.11 Å². The number of hydrogen-bond donors (Lipinski definition) is 3. The summed E-state index contributed by atoms with van der Waals surface area (Å²) in [6.07, 6.45) is 0.875. The van der Waals surface area contributed by atoms with Crippen LogP contribution in [0.25, 0.3) is 0 Å². The van der Waals surface area contributed by atoms with Gasteiger partial charge in [0.05, 0.1) is 6.04 Å². The minimum atomic E-state index is -1.05. The topological polar surface area (TPSA) is 78.4 Å². The highest BCUT2D eigenvalue weighted by Crippen LogP contribution is 1.89. The molecule has 0 aromatic rings. The highest BCUT2D eigenvalue weighted by atomic mass is 16.4. The number of carbonyl (C=O) groups excluding carboxylic acids is 1. The summed E-state index contributed by atoms with van der Waals surface area (Å²) in [6, 6.07) is -0.410. The first-order chi connectivity index (χ1) is 6.99. The van der Waals surface area contributed by atoms with Crippen molar-refractivity contribution < 1.29 is 14.7 Å². The van der Waals surface area contributed by atoms with Gasteiger partial charge in [-0.1, -0.05) is 13.5 Å². The van der Waals surface area contributed by atoms with Crippen LogP contribution in [0.15, 0.2) is 12.2 Å². The Bertz CT molecular complexity index is 251. The van der Waals surface area contributed by atoms with Crippen molar-refractivity contribution in [1.82, 2.24) is 10.6 Å². The van der Waals surface area contributed by atoms with Gasteiger partial charge in [0, 0.05) is 18.7 Å². The monoisotopic (exact) mass is 214 g/mol. The zero-order chi connectivity index (χ0) is 11.8. The molecule has 5 nitrogen and oxygen atoms in total. The number of amides is 1. The van der Waals surface area contributed by atoms with E-state index >= 15 is 0 Å². The lowest BCUT2D eigenvalue weighted by Gasteiger charge is -2.13. The maximum Gasteiger partial charge on any atom is 0.332 e. The molecule has 0 fully saturated rings. The molecule has 0 spiro atoms. The molecule has 15 heavy (non-hydrogen) atoms. The van der Waals surface area contributed by atoms with Gasteiger partial charge in [-0.25, -0.2) is 4.79 Å². The van der Waals surface area contributed by atoms with Crippen LogP contribution in [0.4, 0.5) is 0 Å². The van der Waals surface area contributed by atoms with Crippen molar-refractivity contribution in [3.05, 3.63) is 12.2 Å². The molecular weight excluding hydrogens is 196 g/mol. The number of carboxylic acids is 1. The largest absolute Gasteiger partial charge is 0.478 e. The minimum Gasteiger partial charge on any atom is -0.478 e. The van der Waals surface area contributed by atoms with Gasteiger partial charge >= 0.3 is 5.97 Å². The summed E-state index contributed by atoms with van der Waals surface area (Å²) in [5, 5.41) is 14.0. The number of nitrogens with one attached hydrogen (secondary N) is 2. The van der Waals surface area contributed by atoms with Crippen LogP contribution in [0.1, 0.15) is 20.3 Å². The van der Waals surface area contributed by atoms with E-state index < -0.39 is 12.0 Å². The molecule has 0 aliphatic rings. The van der Waals surface area contributed by atoms with Gasteiger partial charge in [0.1, 0.15) is 0 Å². The molecule has 0 radical (unpaired) electrons. The number of aliphatic carboxylic acids is 1. The summed E-state index contributed by atoms with van der Waals surface area (Å²) >= 11 is 0. The molecule has 0 aliphatic heterocycles. The lowest BCUT2D eigenvalue weighted by atomic mass is 10.2. The molecule has 86 valence electrons. The first-order valence-corrected chi connectivity index (χ1v) is 4.91. The molecule has 1 atom stereocenters. The van der Waals surface area contributed by atoms with Gasteiger partial charge in [0.25, 0.3) is 0 Å². The second kappa shape index (κ2) is 7.00. The lowest BCUT2D eigenvalue weighted by molar-refractivity contribution is -0.132. The lowest BCUT2D eigenvalue weighted by Crippen LogP contribution is -2.43. The van der Waals surface area contributed by atoms with Crippen LogP contribution in [0.3, 0.4) is 0 Å². The molecule has 5 heteroatoms. The van der Waals surface area contributed by atoms with Crippen LogP contribution < -0.4 is 10.6 Å². The SMILES string of the molecule is C=C(CNC(C)C(=O)NCCC)C(=O)O. The van der Waals surface area contributed by atoms with Gasteiger partial charge < -0.3 is 15.7 Å². The Morgan fingerprint density at radius 1 is 1.47 bits per heavy atom. The summed E-state index contributed by atoms with van der Waals surface area (Å²) in [5.74, 6) is -1.18. The Morgan fingerprint density at radius 2 is 2.07 bits per heavy atom. The fourth-order valence-electron chi connectivity index (χ4n) is 0.846. The summed E-state index contributed by atoms with van der Waals surface area (Å²) < 4.78 is 0. The van der Waals surface area contributed by atoms with Gasteiger partial charge in [-0.15, -0.1) is 0 Å². The summed E-state index contributed by atoms with van der Waals surface area (Å²) in [7, 11) is 0. The van der Waals surface area contributed by atoms with Crippen molar-refractivity contribution in [2.24, 2.45) is 0 Å². The number of carbonyl (C=O) groups is 2. The Kier molecular flexibility index (Phi) is 6.37. The van der Waals surface area contributed by atoms with E-state index in [9.17, 15) is 9.59 Å². The third-order valence-corrected chi connectivity index (χ3v) is 1.87. The zero-order valence-electron chi connectivity index (χ0n) is 9.17. The molecule has 1 amide bonds. The molecule has 0 saturated heterocycles. The van der Waals surface area contributed by atoms with Crippen LogP contribution in [0.5, 0.6) is 0 Å². The number of hydrogen-bond acceptors (Lipinski definition) is 3. The van der Waals surface area contributed by atoms with E-state index in [0.29, 0.717) is 6.54 Å². The molecule has 3 N–H and O–H groups in total. The Balaban J connectivity index is 3.82. The first-order valence-electron chi connectivity index (χ1n) is 4.91. The summed E-state index contributed by atoms with van der Waals surface area (Å²) in [6.45, 7) is 7.73. The van der Waals surface area contributed by atoms with Crippen molar-refractivity contribution in [1.29, 1.82) is 0 Å². The van der Waals surface area contributed by atoms with Crippen LogP contribution in [0, 0.1) is 0 Å². The molecule has 0 aliphatic carbocycles. The predicted molar refractivity (Wildman–Crippen MR) is 57.5 cm³/mol.